The third kappa shape index (κ3) is 5.18. The third-order valence-electron chi connectivity index (χ3n) is 3.10. The van der Waals surface area contributed by atoms with Crippen molar-refractivity contribution in [2.24, 2.45) is 11.8 Å². The molecule has 7 heteroatoms. The first kappa shape index (κ1) is 17.2. The van der Waals surface area contributed by atoms with Gasteiger partial charge in [0.05, 0.1) is 17.3 Å². The van der Waals surface area contributed by atoms with Gasteiger partial charge in [-0.3, -0.25) is 14.4 Å². The number of hydrogen-bond acceptors (Lipinski definition) is 4. The monoisotopic (exact) mass is 312 g/mol. The van der Waals surface area contributed by atoms with Crippen molar-refractivity contribution in [2.75, 3.05) is 20.1 Å². The van der Waals surface area contributed by atoms with Gasteiger partial charge in [0.1, 0.15) is 0 Å². The summed E-state index contributed by atoms with van der Waals surface area (Å²) in [4.78, 5) is 36.6. The lowest BCUT2D eigenvalue weighted by atomic mass is 9.96. The Morgan fingerprint density at radius 2 is 2.05 bits per heavy atom. The molecule has 1 aromatic rings. The molecule has 6 nitrogen and oxygen atoms in total. The molecular weight excluding hydrogens is 292 g/mol. The maximum absolute atomic E-state index is 12.0. The SMILES string of the molecule is CC(C)C(CNC(=O)CN(C)C(=O)c1cccs1)C(=O)O. The minimum Gasteiger partial charge on any atom is -0.481 e. The van der Waals surface area contributed by atoms with Gasteiger partial charge < -0.3 is 15.3 Å². The molecule has 1 heterocycles. The zero-order valence-corrected chi connectivity index (χ0v) is 13.1. The van der Waals surface area contributed by atoms with Gasteiger partial charge in [-0.2, -0.15) is 0 Å². The number of carboxylic acid groups (broad SMARTS) is 1. The van der Waals surface area contributed by atoms with Crippen LogP contribution in [0.4, 0.5) is 0 Å². The molecule has 0 aliphatic rings. The van der Waals surface area contributed by atoms with Crippen LogP contribution in [0, 0.1) is 11.8 Å². The van der Waals surface area contributed by atoms with Crippen molar-refractivity contribution in [3.05, 3.63) is 22.4 Å². The number of nitrogens with one attached hydrogen (secondary N) is 1. The molecule has 2 amide bonds. The van der Waals surface area contributed by atoms with E-state index in [-0.39, 0.29) is 30.8 Å². The van der Waals surface area contributed by atoms with Crippen molar-refractivity contribution in [2.45, 2.75) is 13.8 Å². The molecule has 0 aromatic carbocycles. The summed E-state index contributed by atoms with van der Waals surface area (Å²) in [6, 6.07) is 3.46. The van der Waals surface area contributed by atoms with Crippen molar-refractivity contribution < 1.29 is 19.5 Å². The van der Waals surface area contributed by atoms with Crippen LogP contribution in [-0.2, 0) is 9.59 Å². The van der Waals surface area contributed by atoms with Crippen LogP contribution in [0.5, 0.6) is 0 Å². The van der Waals surface area contributed by atoms with Gasteiger partial charge in [0.15, 0.2) is 0 Å². The summed E-state index contributed by atoms with van der Waals surface area (Å²) in [7, 11) is 1.54. The topological polar surface area (TPSA) is 86.7 Å². The van der Waals surface area contributed by atoms with Gasteiger partial charge in [-0.05, 0) is 17.4 Å². The molecule has 1 rings (SSSR count). The van der Waals surface area contributed by atoms with Crippen molar-refractivity contribution in [3.63, 3.8) is 0 Å². The van der Waals surface area contributed by atoms with E-state index in [0.29, 0.717) is 4.88 Å². The number of hydrogen-bond donors (Lipinski definition) is 2. The van der Waals surface area contributed by atoms with Crippen LogP contribution in [0.15, 0.2) is 17.5 Å². The molecule has 0 radical (unpaired) electrons. The zero-order valence-electron chi connectivity index (χ0n) is 12.3. The molecule has 0 bridgehead atoms. The molecule has 116 valence electrons. The molecule has 0 spiro atoms. The lowest BCUT2D eigenvalue weighted by Crippen LogP contribution is -2.41. The Hall–Kier alpha value is -1.89. The first-order valence-corrected chi connectivity index (χ1v) is 7.49. The van der Waals surface area contributed by atoms with Gasteiger partial charge in [-0.15, -0.1) is 11.3 Å². The number of carbonyl (C=O) groups is 3. The van der Waals surface area contributed by atoms with Crippen LogP contribution in [0.2, 0.25) is 0 Å². The van der Waals surface area contributed by atoms with Crippen molar-refractivity contribution >= 4 is 29.1 Å². The first-order chi connectivity index (χ1) is 9.82. The minimum atomic E-state index is -0.937. The fourth-order valence-corrected chi connectivity index (χ4v) is 2.48. The van der Waals surface area contributed by atoms with Gasteiger partial charge in [0.25, 0.3) is 5.91 Å². The number of nitrogens with zero attached hydrogens (tertiary/aromatic N) is 1. The fourth-order valence-electron chi connectivity index (χ4n) is 1.76. The van der Waals surface area contributed by atoms with Crippen LogP contribution in [0.25, 0.3) is 0 Å². The third-order valence-corrected chi connectivity index (χ3v) is 3.96. The number of carboxylic acids is 1. The molecular formula is C14H20N2O4S. The maximum Gasteiger partial charge on any atom is 0.308 e. The molecule has 1 aromatic heterocycles. The average Bonchev–Trinajstić information content (AvgIpc) is 2.90. The number of amides is 2. The van der Waals surface area contributed by atoms with Gasteiger partial charge in [0, 0.05) is 13.6 Å². The minimum absolute atomic E-state index is 0.0624. The van der Waals surface area contributed by atoms with Crippen LogP contribution in [0.1, 0.15) is 23.5 Å². The number of rotatable bonds is 7. The van der Waals surface area contributed by atoms with Gasteiger partial charge in [0.2, 0.25) is 5.91 Å². The van der Waals surface area contributed by atoms with E-state index >= 15 is 0 Å². The second kappa shape index (κ2) is 7.78. The van der Waals surface area contributed by atoms with Crippen molar-refractivity contribution in [1.29, 1.82) is 0 Å². The fraction of sp³-hybridized carbons (Fsp3) is 0.500. The summed E-state index contributed by atoms with van der Waals surface area (Å²) in [6.07, 6.45) is 0. The van der Waals surface area contributed by atoms with Crippen LogP contribution >= 0.6 is 11.3 Å². The highest BCUT2D eigenvalue weighted by molar-refractivity contribution is 7.12. The van der Waals surface area contributed by atoms with Crippen LogP contribution < -0.4 is 5.32 Å². The Kier molecular flexibility index (Phi) is 6.36. The predicted octanol–water partition coefficient (Wildman–Crippen LogP) is 1.29. The Labute approximate surface area is 127 Å². The Morgan fingerprint density at radius 3 is 2.52 bits per heavy atom. The van der Waals surface area contributed by atoms with E-state index in [0.717, 1.165) is 0 Å². The largest absolute Gasteiger partial charge is 0.481 e. The van der Waals surface area contributed by atoms with Gasteiger partial charge in [-0.25, -0.2) is 0 Å². The van der Waals surface area contributed by atoms with E-state index in [1.54, 1.807) is 38.4 Å². The Balaban J connectivity index is 2.46. The van der Waals surface area contributed by atoms with Crippen molar-refractivity contribution in [3.8, 4) is 0 Å². The maximum atomic E-state index is 12.0. The molecule has 0 aliphatic carbocycles. The van der Waals surface area contributed by atoms with E-state index in [1.807, 2.05) is 0 Å². The second-order valence-corrected chi connectivity index (χ2v) is 6.08. The summed E-state index contributed by atoms with van der Waals surface area (Å²) in [5, 5.41) is 13.4. The van der Waals surface area contributed by atoms with E-state index in [2.05, 4.69) is 5.32 Å². The predicted molar refractivity (Wildman–Crippen MR) is 80.3 cm³/mol. The summed E-state index contributed by atoms with van der Waals surface area (Å²) < 4.78 is 0. The van der Waals surface area contributed by atoms with E-state index in [4.69, 9.17) is 5.11 Å². The molecule has 2 N–H and O–H groups in total. The van der Waals surface area contributed by atoms with Gasteiger partial charge in [-0.1, -0.05) is 19.9 Å². The van der Waals surface area contributed by atoms with E-state index in [9.17, 15) is 14.4 Å². The normalized spacial score (nSPS) is 12.0. The number of aliphatic carboxylic acids is 1. The Bertz CT molecular complexity index is 499. The highest BCUT2D eigenvalue weighted by Crippen LogP contribution is 2.11. The van der Waals surface area contributed by atoms with Crippen LogP contribution in [-0.4, -0.2) is 47.9 Å². The lowest BCUT2D eigenvalue weighted by molar-refractivity contribution is -0.143. The number of likely N-dealkylation sites (N-methyl/N-ethyl adjacent to an activating group) is 1. The highest BCUT2D eigenvalue weighted by Gasteiger charge is 2.22. The lowest BCUT2D eigenvalue weighted by Gasteiger charge is -2.19. The molecule has 0 fully saturated rings. The van der Waals surface area contributed by atoms with Crippen molar-refractivity contribution in [1.82, 2.24) is 10.2 Å². The summed E-state index contributed by atoms with van der Waals surface area (Å²) >= 11 is 1.31. The molecule has 0 saturated heterocycles. The number of thiophene rings is 1. The highest BCUT2D eigenvalue weighted by atomic mass is 32.1. The van der Waals surface area contributed by atoms with Gasteiger partial charge >= 0.3 is 5.97 Å². The quantitative estimate of drug-likeness (QED) is 0.794. The average molecular weight is 312 g/mol. The Morgan fingerprint density at radius 1 is 1.38 bits per heavy atom. The van der Waals surface area contributed by atoms with E-state index < -0.39 is 11.9 Å². The zero-order chi connectivity index (χ0) is 16.0. The number of carbonyl (C=O) groups excluding carboxylic acids is 2. The smallest absolute Gasteiger partial charge is 0.308 e. The summed E-state index contributed by atoms with van der Waals surface area (Å²) in [6.45, 7) is 3.54. The molecule has 0 aliphatic heterocycles. The van der Waals surface area contributed by atoms with E-state index in [1.165, 1.54) is 16.2 Å². The first-order valence-electron chi connectivity index (χ1n) is 6.61. The van der Waals surface area contributed by atoms with Crippen LogP contribution in [0.3, 0.4) is 0 Å². The molecule has 1 atom stereocenters. The molecule has 21 heavy (non-hydrogen) atoms. The standard InChI is InChI=1S/C14H20N2O4S/c1-9(2)10(14(19)20)7-15-12(17)8-16(3)13(18)11-5-4-6-21-11/h4-6,9-10H,7-8H2,1-3H3,(H,15,17)(H,19,20). The second-order valence-electron chi connectivity index (χ2n) is 5.13. The summed E-state index contributed by atoms with van der Waals surface area (Å²) in [5.74, 6) is -2.23. The molecule has 0 saturated carbocycles. The summed E-state index contributed by atoms with van der Waals surface area (Å²) in [5.41, 5.74) is 0. The molecule has 1 unspecified atom stereocenters.